The summed E-state index contributed by atoms with van der Waals surface area (Å²) in [5, 5.41) is 3.41. The fourth-order valence-electron chi connectivity index (χ4n) is 2.65. The minimum Gasteiger partial charge on any atom is -0.494 e. The Morgan fingerprint density at radius 2 is 2.20 bits per heavy atom. The van der Waals surface area contributed by atoms with Crippen molar-refractivity contribution in [3.63, 3.8) is 0 Å². The minimum atomic E-state index is 0.563. The van der Waals surface area contributed by atoms with E-state index >= 15 is 0 Å². The zero-order chi connectivity index (χ0) is 13.8. The first-order valence-electron chi connectivity index (χ1n) is 7.34. The Morgan fingerprint density at radius 3 is 2.90 bits per heavy atom. The zero-order valence-electron chi connectivity index (χ0n) is 11.9. The topological polar surface area (TPSA) is 39.1 Å². The number of nitrogens with zero attached hydrogens (tertiary/aromatic N) is 2. The van der Waals surface area contributed by atoms with Gasteiger partial charge in [-0.25, -0.2) is 4.98 Å². The van der Waals surface area contributed by atoms with Gasteiger partial charge in [-0.1, -0.05) is 6.92 Å². The predicted molar refractivity (Wildman–Crippen MR) is 79.6 cm³/mol. The number of hydrogen-bond acceptors (Lipinski definition) is 3. The van der Waals surface area contributed by atoms with Crippen LogP contribution in [0.25, 0.3) is 5.69 Å². The van der Waals surface area contributed by atoms with Crippen LogP contribution in [0.3, 0.4) is 0 Å². The van der Waals surface area contributed by atoms with Gasteiger partial charge in [-0.3, -0.25) is 0 Å². The van der Waals surface area contributed by atoms with E-state index in [0.717, 1.165) is 37.6 Å². The van der Waals surface area contributed by atoms with Crippen LogP contribution in [0, 0.1) is 0 Å². The van der Waals surface area contributed by atoms with Crippen molar-refractivity contribution in [3.8, 4) is 11.4 Å². The van der Waals surface area contributed by atoms with Gasteiger partial charge in [0.05, 0.1) is 12.9 Å². The van der Waals surface area contributed by atoms with E-state index in [1.807, 2.05) is 24.7 Å². The lowest BCUT2D eigenvalue weighted by Gasteiger charge is -2.13. The SMILES string of the molecule is CCCOc1ccc(-n2cncc2C2CCNC2)cc1. The zero-order valence-corrected chi connectivity index (χ0v) is 11.9. The molecule has 1 saturated heterocycles. The van der Waals surface area contributed by atoms with Gasteiger partial charge in [0.25, 0.3) is 0 Å². The number of rotatable bonds is 5. The number of imidazole rings is 1. The Bertz CT molecular complexity index is 541. The van der Waals surface area contributed by atoms with Crippen LogP contribution in [-0.2, 0) is 0 Å². The molecule has 1 N–H and O–H groups in total. The minimum absolute atomic E-state index is 0.563. The smallest absolute Gasteiger partial charge is 0.119 e. The summed E-state index contributed by atoms with van der Waals surface area (Å²) < 4.78 is 7.80. The number of nitrogens with one attached hydrogen (secondary N) is 1. The van der Waals surface area contributed by atoms with Crippen molar-refractivity contribution in [2.24, 2.45) is 0 Å². The summed E-state index contributed by atoms with van der Waals surface area (Å²) in [6.07, 6.45) is 6.10. The molecular formula is C16H21N3O. The molecule has 0 spiro atoms. The summed E-state index contributed by atoms with van der Waals surface area (Å²) in [5.41, 5.74) is 2.44. The molecule has 4 heteroatoms. The van der Waals surface area contributed by atoms with Gasteiger partial charge < -0.3 is 14.6 Å². The first kappa shape index (κ1) is 13.2. The molecule has 1 atom stereocenters. The van der Waals surface area contributed by atoms with Gasteiger partial charge in [-0.05, 0) is 43.7 Å². The van der Waals surface area contributed by atoms with Crippen LogP contribution in [0.5, 0.6) is 5.75 Å². The Morgan fingerprint density at radius 1 is 1.35 bits per heavy atom. The van der Waals surface area contributed by atoms with E-state index in [0.29, 0.717) is 5.92 Å². The summed E-state index contributed by atoms with van der Waals surface area (Å²) in [5.74, 6) is 1.49. The molecule has 1 unspecified atom stereocenters. The van der Waals surface area contributed by atoms with Gasteiger partial charge in [-0.2, -0.15) is 0 Å². The second kappa shape index (κ2) is 6.09. The Kier molecular flexibility index (Phi) is 4.02. The van der Waals surface area contributed by atoms with Crippen molar-refractivity contribution in [1.82, 2.24) is 14.9 Å². The van der Waals surface area contributed by atoms with E-state index in [1.165, 1.54) is 12.1 Å². The summed E-state index contributed by atoms with van der Waals surface area (Å²) in [7, 11) is 0. The monoisotopic (exact) mass is 271 g/mol. The first-order chi connectivity index (χ1) is 9.88. The summed E-state index contributed by atoms with van der Waals surface area (Å²) in [6.45, 7) is 5.02. The number of hydrogen-bond donors (Lipinski definition) is 1. The van der Waals surface area contributed by atoms with Crippen LogP contribution < -0.4 is 10.1 Å². The van der Waals surface area contributed by atoms with E-state index in [1.54, 1.807) is 0 Å². The average Bonchev–Trinajstić information content (AvgIpc) is 3.15. The molecule has 4 nitrogen and oxygen atoms in total. The van der Waals surface area contributed by atoms with Crippen LogP contribution in [-0.4, -0.2) is 29.2 Å². The van der Waals surface area contributed by atoms with Crippen molar-refractivity contribution in [2.75, 3.05) is 19.7 Å². The third-order valence-electron chi connectivity index (χ3n) is 3.73. The standard InChI is InChI=1S/C16H21N3O/c1-2-9-20-15-5-3-14(4-6-15)19-12-18-11-16(19)13-7-8-17-10-13/h3-6,11-13,17H,2,7-10H2,1H3. The van der Waals surface area contributed by atoms with Crippen molar-refractivity contribution in [1.29, 1.82) is 0 Å². The Hall–Kier alpha value is -1.81. The van der Waals surface area contributed by atoms with Gasteiger partial charge in [0, 0.05) is 30.0 Å². The molecule has 1 aliphatic heterocycles. The maximum absolute atomic E-state index is 5.62. The third kappa shape index (κ3) is 2.70. The summed E-state index contributed by atoms with van der Waals surface area (Å²) >= 11 is 0. The lowest BCUT2D eigenvalue weighted by atomic mass is 10.1. The van der Waals surface area contributed by atoms with Crippen LogP contribution in [0.4, 0.5) is 0 Å². The Balaban J connectivity index is 1.80. The molecule has 2 heterocycles. The van der Waals surface area contributed by atoms with E-state index in [9.17, 15) is 0 Å². The molecule has 0 saturated carbocycles. The van der Waals surface area contributed by atoms with E-state index in [-0.39, 0.29) is 0 Å². The highest BCUT2D eigenvalue weighted by atomic mass is 16.5. The van der Waals surface area contributed by atoms with Gasteiger partial charge in [0.1, 0.15) is 5.75 Å². The Labute approximate surface area is 119 Å². The van der Waals surface area contributed by atoms with E-state index < -0.39 is 0 Å². The number of ether oxygens (including phenoxy) is 1. The van der Waals surface area contributed by atoms with Gasteiger partial charge in [0.2, 0.25) is 0 Å². The molecule has 106 valence electrons. The van der Waals surface area contributed by atoms with E-state index in [2.05, 4.69) is 33.9 Å². The first-order valence-corrected chi connectivity index (χ1v) is 7.34. The fraction of sp³-hybridized carbons (Fsp3) is 0.438. The lowest BCUT2D eigenvalue weighted by molar-refractivity contribution is 0.317. The lowest BCUT2D eigenvalue weighted by Crippen LogP contribution is -2.10. The maximum atomic E-state index is 5.62. The van der Waals surface area contributed by atoms with Crippen LogP contribution in [0.15, 0.2) is 36.8 Å². The maximum Gasteiger partial charge on any atom is 0.119 e. The highest BCUT2D eigenvalue weighted by molar-refractivity contribution is 5.39. The molecule has 3 rings (SSSR count). The highest BCUT2D eigenvalue weighted by Gasteiger charge is 2.20. The van der Waals surface area contributed by atoms with Crippen LogP contribution in [0.2, 0.25) is 0 Å². The molecule has 0 radical (unpaired) electrons. The molecule has 1 aromatic heterocycles. The van der Waals surface area contributed by atoms with Gasteiger partial charge >= 0.3 is 0 Å². The second-order valence-electron chi connectivity index (χ2n) is 5.22. The fourth-order valence-corrected chi connectivity index (χ4v) is 2.65. The van der Waals surface area contributed by atoms with Gasteiger partial charge in [0.15, 0.2) is 0 Å². The third-order valence-corrected chi connectivity index (χ3v) is 3.73. The quantitative estimate of drug-likeness (QED) is 0.909. The highest BCUT2D eigenvalue weighted by Crippen LogP contribution is 2.25. The number of benzene rings is 1. The van der Waals surface area contributed by atoms with Crippen molar-refractivity contribution in [2.45, 2.75) is 25.7 Å². The predicted octanol–water partition coefficient (Wildman–Crippen LogP) is 2.74. The molecule has 0 bridgehead atoms. The molecule has 20 heavy (non-hydrogen) atoms. The molecule has 0 amide bonds. The van der Waals surface area contributed by atoms with E-state index in [4.69, 9.17) is 4.74 Å². The second-order valence-corrected chi connectivity index (χ2v) is 5.22. The molecule has 1 aromatic carbocycles. The van der Waals surface area contributed by atoms with Crippen LogP contribution in [0.1, 0.15) is 31.4 Å². The molecule has 1 aliphatic rings. The normalized spacial score (nSPS) is 18.4. The summed E-state index contributed by atoms with van der Waals surface area (Å²) in [4.78, 5) is 4.32. The number of aromatic nitrogens is 2. The molecule has 0 aliphatic carbocycles. The average molecular weight is 271 g/mol. The molecule has 1 fully saturated rings. The molecule has 2 aromatic rings. The molecular weight excluding hydrogens is 250 g/mol. The van der Waals surface area contributed by atoms with Crippen molar-refractivity contribution < 1.29 is 4.74 Å². The van der Waals surface area contributed by atoms with Crippen LogP contribution >= 0.6 is 0 Å². The summed E-state index contributed by atoms with van der Waals surface area (Å²) in [6, 6.07) is 8.25. The van der Waals surface area contributed by atoms with Crippen molar-refractivity contribution >= 4 is 0 Å². The van der Waals surface area contributed by atoms with Crippen molar-refractivity contribution in [3.05, 3.63) is 42.5 Å². The largest absolute Gasteiger partial charge is 0.494 e. The van der Waals surface area contributed by atoms with Gasteiger partial charge in [-0.15, -0.1) is 0 Å².